The van der Waals surface area contributed by atoms with E-state index in [1.54, 1.807) is 0 Å². The summed E-state index contributed by atoms with van der Waals surface area (Å²) in [7, 11) is 0. The molecule has 0 aromatic rings. The standard InChI is InChI=1S/C11H19NOS/c13-8-9-2-1-3-11(9)14-10-4-6-12-7-5-10/h10,12-13H,1-8H2. The van der Waals surface area contributed by atoms with Crippen LogP contribution in [0.5, 0.6) is 0 Å². The Labute approximate surface area is 90.2 Å². The van der Waals surface area contributed by atoms with E-state index in [4.69, 9.17) is 0 Å². The van der Waals surface area contributed by atoms with Crippen molar-refractivity contribution in [2.75, 3.05) is 19.7 Å². The fraction of sp³-hybridized carbons (Fsp3) is 0.818. The molecule has 0 bridgehead atoms. The van der Waals surface area contributed by atoms with Gasteiger partial charge in [0.15, 0.2) is 0 Å². The number of hydrogen-bond acceptors (Lipinski definition) is 3. The van der Waals surface area contributed by atoms with Crippen LogP contribution in [-0.2, 0) is 0 Å². The van der Waals surface area contributed by atoms with Gasteiger partial charge in [0.1, 0.15) is 0 Å². The fourth-order valence-corrected chi connectivity index (χ4v) is 3.67. The van der Waals surface area contributed by atoms with Gasteiger partial charge in [-0.3, -0.25) is 0 Å². The first-order valence-corrected chi connectivity index (χ1v) is 6.47. The van der Waals surface area contributed by atoms with Crippen molar-refractivity contribution in [1.29, 1.82) is 0 Å². The lowest BCUT2D eigenvalue weighted by molar-refractivity contribution is 0.328. The molecule has 0 aromatic carbocycles. The maximum absolute atomic E-state index is 9.18. The molecule has 3 heteroatoms. The van der Waals surface area contributed by atoms with Gasteiger partial charge in [0.05, 0.1) is 6.61 Å². The topological polar surface area (TPSA) is 32.3 Å². The van der Waals surface area contributed by atoms with Crippen LogP contribution in [0, 0.1) is 0 Å². The Bertz CT molecular complexity index is 221. The summed E-state index contributed by atoms with van der Waals surface area (Å²) in [6.45, 7) is 2.62. The molecule has 2 N–H and O–H groups in total. The van der Waals surface area contributed by atoms with Gasteiger partial charge in [-0.15, -0.1) is 11.8 Å². The van der Waals surface area contributed by atoms with Gasteiger partial charge in [-0.05, 0) is 55.7 Å². The minimum Gasteiger partial charge on any atom is -0.392 e. The van der Waals surface area contributed by atoms with Gasteiger partial charge in [0.25, 0.3) is 0 Å². The number of aliphatic hydroxyl groups is 1. The van der Waals surface area contributed by atoms with Crippen molar-refractivity contribution in [3.63, 3.8) is 0 Å². The molecule has 0 radical (unpaired) electrons. The number of allylic oxidation sites excluding steroid dienone is 1. The second-order valence-corrected chi connectivity index (χ2v) is 5.50. The van der Waals surface area contributed by atoms with E-state index in [-0.39, 0.29) is 6.61 Å². The van der Waals surface area contributed by atoms with Crippen LogP contribution >= 0.6 is 11.8 Å². The Hall–Kier alpha value is 0.01000. The highest BCUT2D eigenvalue weighted by molar-refractivity contribution is 8.03. The molecule has 2 nitrogen and oxygen atoms in total. The normalized spacial score (nSPS) is 24.6. The largest absolute Gasteiger partial charge is 0.392 e. The first-order valence-electron chi connectivity index (χ1n) is 5.59. The van der Waals surface area contributed by atoms with Crippen molar-refractivity contribution in [2.45, 2.75) is 37.4 Å². The highest BCUT2D eigenvalue weighted by Crippen LogP contribution is 2.38. The zero-order chi connectivity index (χ0) is 9.80. The molecule has 0 aromatic heterocycles. The summed E-state index contributed by atoms with van der Waals surface area (Å²) in [5.74, 6) is 0. The Kier molecular flexibility index (Phi) is 3.90. The summed E-state index contributed by atoms with van der Waals surface area (Å²) in [6, 6.07) is 0. The summed E-state index contributed by atoms with van der Waals surface area (Å²) in [6.07, 6.45) is 6.16. The zero-order valence-corrected chi connectivity index (χ0v) is 9.41. The Morgan fingerprint density at radius 1 is 1.29 bits per heavy atom. The Morgan fingerprint density at radius 2 is 2.07 bits per heavy atom. The number of aliphatic hydroxyl groups excluding tert-OH is 1. The van der Waals surface area contributed by atoms with Crippen LogP contribution in [0.2, 0.25) is 0 Å². The van der Waals surface area contributed by atoms with E-state index in [1.165, 1.54) is 49.3 Å². The molecule has 80 valence electrons. The summed E-state index contributed by atoms with van der Waals surface area (Å²) < 4.78 is 0. The molecular formula is C11H19NOS. The second kappa shape index (κ2) is 5.19. The third kappa shape index (κ3) is 2.53. The van der Waals surface area contributed by atoms with Crippen LogP contribution < -0.4 is 5.32 Å². The van der Waals surface area contributed by atoms with Gasteiger partial charge in [-0.25, -0.2) is 0 Å². The van der Waals surface area contributed by atoms with E-state index in [1.807, 2.05) is 11.8 Å². The molecule has 1 aliphatic heterocycles. The number of hydrogen-bond donors (Lipinski definition) is 2. The van der Waals surface area contributed by atoms with Crippen LogP contribution in [0.25, 0.3) is 0 Å². The van der Waals surface area contributed by atoms with E-state index >= 15 is 0 Å². The van der Waals surface area contributed by atoms with E-state index in [0.29, 0.717) is 0 Å². The van der Waals surface area contributed by atoms with Crippen LogP contribution in [0.1, 0.15) is 32.1 Å². The van der Waals surface area contributed by atoms with Crippen molar-refractivity contribution in [1.82, 2.24) is 5.32 Å². The third-order valence-electron chi connectivity index (χ3n) is 3.06. The van der Waals surface area contributed by atoms with E-state index in [0.717, 1.165) is 11.7 Å². The lowest BCUT2D eigenvalue weighted by Crippen LogP contribution is -2.29. The molecule has 0 spiro atoms. The van der Waals surface area contributed by atoms with Crippen molar-refractivity contribution >= 4 is 11.8 Å². The second-order valence-electron chi connectivity index (χ2n) is 4.11. The van der Waals surface area contributed by atoms with Gasteiger partial charge in [-0.2, -0.15) is 0 Å². The summed E-state index contributed by atoms with van der Waals surface area (Å²) >= 11 is 2.04. The molecule has 0 atom stereocenters. The van der Waals surface area contributed by atoms with Crippen LogP contribution in [-0.4, -0.2) is 30.1 Å². The van der Waals surface area contributed by atoms with Gasteiger partial charge in [0.2, 0.25) is 0 Å². The monoisotopic (exact) mass is 213 g/mol. The Balaban J connectivity index is 1.88. The van der Waals surface area contributed by atoms with Crippen LogP contribution in [0.15, 0.2) is 10.5 Å². The average Bonchev–Trinajstić information content (AvgIpc) is 2.67. The fourth-order valence-electron chi connectivity index (χ4n) is 2.20. The number of rotatable bonds is 3. The van der Waals surface area contributed by atoms with Gasteiger partial charge in [0, 0.05) is 5.25 Å². The minimum atomic E-state index is 0.285. The highest BCUT2D eigenvalue weighted by atomic mass is 32.2. The van der Waals surface area contributed by atoms with Gasteiger partial charge >= 0.3 is 0 Å². The maximum Gasteiger partial charge on any atom is 0.0652 e. The molecule has 1 aliphatic carbocycles. The van der Waals surface area contributed by atoms with Crippen LogP contribution in [0.4, 0.5) is 0 Å². The minimum absolute atomic E-state index is 0.285. The smallest absolute Gasteiger partial charge is 0.0652 e. The lowest BCUT2D eigenvalue weighted by atomic mass is 10.2. The molecule has 0 saturated carbocycles. The summed E-state index contributed by atoms with van der Waals surface area (Å²) in [4.78, 5) is 1.50. The molecule has 1 saturated heterocycles. The predicted octanol–water partition coefficient (Wildman–Crippen LogP) is 1.90. The highest BCUT2D eigenvalue weighted by Gasteiger charge is 2.20. The van der Waals surface area contributed by atoms with E-state index in [2.05, 4.69) is 5.32 Å². The predicted molar refractivity (Wildman–Crippen MR) is 61.4 cm³/mol. The zero-order valence-electron chi connectivity index (χ0n) is 8.59. The number of nitrogens with one attached hydrogen (secondary N) is 1. The van der Waals surface area contributed by atoms with Crippen molar-refractivity contribution < 1.29 is 5.11 Å². The summed E-state index contributed by atoms with van der Waals surface area (Å²) in [5.41, 5.74) is 1.31. The average molecular weight is 213 g/mol. The molecule has 1 heterocycles. The third-order valence-corrected chi connectivity index (χ3v) is 4.64. The van der Waals surface area contributed by atoms with Gasteiger partial charge in [-0.1, -0.05) is 0 Å². The Morgan fingerprint density at radius 3 is 2.79 bits per heavy atom. The number of thioether (sulfide) groups is 1. The number of piperidine rings is 1. The quantitative estimate of drug-likeness (QED) is 0.751. The van der Waals surface area contributed by atoms with Crippen molar-refractivity contribution in [3.8, 4) is 0 Å². The maximum atomic E-state index is 9.18. The SMILES string of the molecule is OCC1=C(SC2CCNCC2)CCC1. The molecule has 0 amide bonds. The first-order chi connectivity index (χ1) is 6.90. The van der Waals surface area contributed by atoms with Crippen LogP contribution in [0.3, 0.4) is 0 Å². The molecule has 2 rings (SSSR count). The summed E-state index contributed by atoms with van der Waals surface area (Å²) in [5, 5.41) is 13.4. The molecule has 2 aliphatic rings. The lowest BCUT2D eigenvalue weighted by Gasteiger charge is -2.22. The van der Waals surface area contributed by atoms with Crippen molar-refractivity contribution in [2.24, 2.45) is 0 Å². The van der Waals surface area contributed by atoms with Gasteiger partial charge < -0.3 is 10.4 Å². The van der Waals surface area contributed by atoms with E-state index in [9.17, 15) is 5.11 Å². The molecule has 0 unspecified atom stereocenters. The first kappa shape index (κ1) is 10.5. The molecule has 14 heavy (non-hydrogen) atoms. The van der Waals surface area contributed by atoms with Crippen molar-refractivity contribution in [3.05, 3.63) is 10.5 Å². The van der Waals surface area contributed by atoms with E-state index < -0.39 is 0 Å². The molecular weight excluding hydrogens is 194 g/mol. The molecule has 1 fully saturated rings.